The van der Waals surface area contributed by atoms with Gasteiger partial charge in [-0.25, -0.2) is 0 Å². The van der Waals surface area contributed by atoms with Gasteiger partial charge in [-0.15, -0.1) is 0 Å². The Bertz CT molecular complexity index is 336. The molecule has 0 spiro atoms. The van der Waals surface area contributed by atoms with E-state index in [9.17, 15) is 4.79 Å². The number of amides is 1. The molecule has 1 rings (SSSR count). The quantitative estimate of drug-likeness (QED) is 0.745. The zero-order chi connectivity index (χ0) is 12.5. The summed E-state index contributed by atoms with van der Waals surface area (Å²) in [5.41, 5.74) is 6.52. The van der Waals surface area contributed by atoms with Gasteiger partial charge in [0.2, 0.25) is 5.91 Å². The zero-order valence-electron chi connectivity index (χ0n) is 10.2. The Kier molecular flexibility index (Phi) is 6.10. The van der Waals surface area contributed by atoms with Crippen molar-refractivity contribution in [3.8, 4) is 5.75 Å². The van der Waals surface area contributed by atoms with Gasteiger partial charge in [0.15, 0.2) is 0 Å². The van der Waals surface area contributed by atoms with Gasteiger partial charge in [0.25, 0.3) is 0 Å². The predicted octanol–water partition coefficient (Wildman–Crippen LogP) is 1.09. The van der Waals surface area contributed by atoms with E-state index in [0.29, 0.717) is 19.5 Å². The van der Waals surface area contributed by atoms with Crippen LogP contribution in [0.25, 0.3) is 0 Å². The topological polar surface area (TPSA) is 64.3 Å². The number of ether oxygens (including phenoxy) is 1. The first-order valence-electron chi connectivity index (χ1n) is 5.86. The van der Waals surface area contributed by atoms with Crippen LogP contribution < -0.4 is 15.8 Å². The van der Waals surface area contributed by atoms with Crippen LogP contribution in [0.2, 0.25) is 0 Å². The summed E-state index contributed by atoms with van der Waals surface area (Å²) in [6.07, 6.45) is 2.09. The second kappa shape index (κ2) is 7.68. The number of nitrogens with one attached hydrogen (secondary N) is 1. The molecular formula is C13H20N2O2. The fourth-order valence-corrected chi connectivity index (χ4v) is 1.49. The second-order valence-electron chi connectivity index (χ2n) is 3.84. The van der Waals surface area contributed by atoms with Gasteiger partial charge in [0.05, 0.1) is 7.11 Å². The van der Waals surface area contributed by atoms with Gasteiger partial charge in [0.1, 0.15) is 5.75 Å². The first kappa shape index (κ1) is 13.5. The molecule has 0 aliphatic rings. The number of benzene rings is 1. The Morgan fingerprint density at radius 2 is 2.06 bits per heavy atom. The number of rotatable bonds is 7. The molecule has 0 unspecified atom stereocenters. The highest BCUT2D eigenvalue weighted by molar-refractivity contribution is 5.75. The minimum atomic E-state index is 0.0731. The molecule has 0 saturated heterocycles. The number of methoxy groups -OCH3 is 1. The maximum atomic E-state index is 11.3. The molecule has 0 saturated carbocycles. The normalized spacial score (nSPS) is 10.0. The molecule has 0 heterocycles. The summed E-state index contributed by atoms with van der Waals surface area (Å²) in [5.74, 6) is 0.921. The van der Waals surface area contributed by atoms with E-state index < -0.39 is 0 Å². The first-order valence-corrected chi connectivity index (χ1v) is 5.86. The lowest BCUT2D eigenvalue weighted by atomic mass is 10.1. The molecule has 4 heteroatoms. The van der Waals surface area contributed by atoms with E-state index in [4.69, 9.17) is 10.5 Å². The lowest BCUT2D eigenvalue weighted by Crippen LogP contribution is -2.25. The van der Waals surface area contributed by atoms with E-state index in [1.165, 1.54) is 5.56 Å². The summed E-state index contributed by atoms with van der Waals surface area (Å²) < 4.78 is 5.07. The Morgan fingerprint density at radius 1 is 1.35 bits per heavy atom. The highest BCUT2D eigenvalue weighted by atomic mass is 16.5. The molecule has 1 aromatic carbocycles. The maximum Gasteiger partial charge on any atom is 0.220 e. The highest BCUT2D eigenvalue weighted by Crippen LogP contribution is 2.11. The Balaban J connectivity index is 2.23. The summed E-state index contributed by atoms with van der Waals surface area (Å²) in [5, 5.41) is 2.87. The Hall–Kier alpha value is -1.55. The lowest BCUT2D eigenvalue weighted by Gasteiger charge is -2.05. The second-order valence-corrected chi connectivity index (χ2v) is 3.84. The summed E-state index contributed by atoms with van der Waals surface area (Å²) in [4.78, 5) is 11.3. The molecule has 1 amide bonds. The van der Waals surface area contributed by atoms with Crippen molar-refractivity contribution in [1.29, 1.82) is 0 Å². The van der Waals surface area contributed by atoms with Crippen molar-refractivity contribution in [1.82, 2.24) is 5.32 Å². The summed E-state index contributed by atoms with van der Waals surface area (Å²) in [7, 11) is 1.65. The van der Waals surface area contributed by atoms with Crippen LogP contribution in [0, 0.1) is 0 Å². The van der Waals surface area contributed by atoms with E-state index in [-0.39, 0.29) is 5.91 Å². The van der Waals surface area contributed by atoms with E-state index in [0.717, 1.165) is 18.6 Å². The zero-order valence-corrected chi connectivity index (χ0v) is 10.2. The molecule has 0 aliphatic heterocycles. The van der Waals surface area contributed by atoms with Crippen LogP contribution in [0.5, 0.6) is 5.75 Å². The number of hydrogen-bond acceptors (Lipinski definition) is 3. The molecule has 0 radical (unpaired) electrons. The average molecular weight is 236 g/mol. The van der Waals surface area contributed by atoms with Crippen LogP contribution in [-0.2, 0) is 11.2 Å². The van der Waals surface area contributed by atoms with Crippen LogP contribution in [0.15, 0.2) is 24.3 Å². The third-order valence-electron chi connectivity index (χ3n) is 2.50. The summed E-state index contributed by atoms with van der Waals surface area (Å²) in [6, 6.07) is 7.85. The first-order chi connectivity index (χ1) is 8.26. The van der Waals surface area contributed by atoms with Crippen molar-refractivity contribution in [2.45, 2.75) is 19.3 Å². The minimum absolute atomic E-state index is 0.0731. The highest BCUT2D eigenvalue weighted by Gasteiger charge is 2.00. The predicted molar refractivity (Wildman–Crippen MR) is 68.0 cm³/mol. The van der Waals surface area contributed by atoms with E-state index in [1.54, 1.807) is 7.11 Å². The molecule has 0 fully saturated rings. The SMILES string of the molecule is COc1ccc(CCNC(=O)CCCN)cc1. The Labute approximate surface area is 102 Å². The number of carbonyl (C=O) groups is 1. The molecule has 0 aromatic heterocycles. The summed E-state index contributed by atoms with van der Waals surface area (Å²) >= 11 is 0. The van der Waals surface area contributed by atoms with E-state index >= 15 is 0 Å². The van der Waals surface area contributed by atoms with Crippen LogP contribution in [0.4, 0.5) is 0 Å². The third-order valence-corrected chi connectivity index (χ3v) is 2.50. The minimum Gasteiger partial charge on any atom is -0.497 e. The van der Waals surface area contributed by atoms with Crippen molar-refractivity contribution in [2.24, 2.45) is 5.73 Å². The maximum absolute atomic E-state index is 11.3. The molecule has 3 N–H and O–H groups in total. The third kappa shape index (κ3) is 5.36. The van der Waals surface area contributed by atoms with Gasteiger partial charge in [-0.2, -0.15) is 0 Å². The van der Waals surface area contributed by atoms with Crippen LogP contribution >= 0.6 is 0 Å². The van der Waals surface area contributed by atoms with Crippen molar-refractivity contribution >= 4 is 5.91 Å². The monoisotopic (exact) mass is 236 g/mol. The van der Waals surface area contributed by atoms with Crippen molar-refractivity contribution in [2.75, 3.05) is 20.2 Å². The smallest absolute Gasteiger partial charge is 0.220 e. The molecule has 17 heavy (non-hydrogen) atoms. The lowest BCUT2D eigenvalue weighted by molar-refractivity contribution is -0.121. The van der Waals surface area contributed by atoms with E-state index in [1.807, 2.05) is 24.3 Å². The number of nitrogens with two attached hydrogens (primary N) is 1. The average Bonchev–Trinajstić information content (AvgIpc) is 2.37. The standard InChI is InChI=1S/C13H20N2O2/c1-17-12-6-4-11(5-7-12)8-10-15-13(16)3-2-9-14/h4-7H,2-3,8-10,14H2,1H3,(H,15,16). The van der Waals surface area contributed by atoms with E-state index in [2.05, 4.69) is 5.32 Å². The van der Waals surface area contributed by atoms with Crippen molar-refractivity contribution in [3.63, 3.8) is 0 Å². The van der Waals surface area contributed by atoms with Crippen LogP contribution in [0.1, 0.15) is 18.4 Å². The van der Waals surface area contributed by atoms with Gasteiger partial charge >= 0.3 is 0 Å². The largest absolute Gasteiger partial charge is 0.497 e. The number of hydrogen-bond donors (Lipinski definition) is 2. The van der Waals surface area contributed by atoms with Crippen molar-refractivity contribution < 1.29 is 9.53 Å². The molecular weight excluding hydrogens is 216 g/mol. The van der Waals surface area contributed by atoms with Gasteiger partial charge in [-0.05, 0) is 37.1 Å². The molecule has 4 nitrogen and oxygen atoms in total. The van der Waals surface area contributed by atoms with Gasteiger partial charge in [0, 0.05) is 13.0 Å². The summed E-state index contributed by atoms with van der Waals surface area (Å²) in [6.45, 7) is 1.22. The van der Waals surface area contributed by atoms with Gasteiger partial charge < -0.3 is 15.8 Å². The molecule has 1 aromatic rings. The number of carbonyl (C=O) groups excluding carboxylic acids is 1. The molecule has 0 atom stereocenters. The fraction of sp³-hybridized carbons (Fsp3) is 0.462. The molecule has 0 bridgehead atoms. The van der Waals surface area contributed by atoms with Gasteiger partial charge in [-0.1, -0.05) is 12.1 Å². The molecule has 0 aliphatic carbocycles. The van der Waals surface area contributed by atoms with Gasteiger partial charge in [-0.3, -0.25) is 4.79 Å². The van der Waals surface area contributed by atoms with Crippen LogP contribution in [0.3, 0.4) is 0 Å². The Morgan fingerprint density at radius 3 is 2.65 bits per heavy atom. The van der Waals surface area contributed by atoms with Crippen LogP contribution in [-0.4, -0.2) is 26.1 Å². The molecule has 94 valence electrons. The van der Waals surface area contributed by atoms with Crippen molar-refractivity contribution in [3.05, 3.63) is 29.8 Å². The fourth-order valence-electron chi connectivity index (χ4n) is 1.49.